The summed E-state index contributed by atoms with van der Waals surface area (Å²) in [5.41, 5.74) is 3.78. The van der Waals surface area contributed by atoms with Crippen LogP contribution in [0.4, 0.5) is 20.3 Å². The molecule has 6 aliphatic rings. The first kappa shape index (κ1) is 51.7. The fourth-order valence-corrected chi connectivity index (χ4v) is 12.7. The van der Waals surface area contributed by atoms with Crippen LogP contribution in [0, 0.1) is 23.0 Å². The van der Waals surface area contributed by atoms with Gasteiger partial charge in [0.2, 0.25) is 11.8 Å². The highest BCUT2D eigenvalue weighted by molar-refractivity contribution is 6.34. The predicted octanol–water partition coefficient (Wildman–Crippen LogP) is 6.81. The van der Waals surface area contributed by atoms with E-state index < -0.39 is 23.6 Å². The van der Waals surface area contributed by atoms with Crippen molar-refractivity contribution >= 4 is 68.4 Å². The van der Waals surface area contributed by atoms with Crippen LogP contribution in [0.25, 0.3) is 32.9 Å². The van der Waals surface area contributed by atoms with Crippen LogP contribution in [-0.2, 0) is 35.6 Å². The van der Waals surface area contributed by atoms with E-state index in [9.17, 15) is 24.3 Å². The standard InChI is InChI=1S/C57H63ClF2N12O6/c1-4-38-42(59)9-6-34-25-37(73)26-40(46(34)38)49-48(60)50-41(27-61-49)52(70-16-5-17-72-44(30-70)47(58)51(65-72)55(77)66(2)3)64-56(63-50)78-32-57(14-15-57)31-68-18-12-33(13-19-68)28-67-20-22-69(23-21-67)36-7-8-39-35(24-36)29-71(54(39)76)43-10-11-45(74)62-53(43)75/h6-9,24-27,33,43,73H,4-5,10-23,28-32H2,1-3H3,(H,62,74,75)/t43-/m0/s1. The number of rotatable bonds is 13. The molecule has 12 rings (SSSR count). The van der Waals surface area contributed by atoms with E-state index in [1.54, 1.807) is 29.7 Å². The van der Waals surface area contributed by atoms with Crippen LogP contribution in [0.5, 0.6) is 11.8 Å². The number of carbonyl (C=O) groups excluding carboxylic acids is 4. The Morgan fingerprint density at radius 1 is 0.910 bits per heavy atom. The summed E-state index contributed by atoms with van der Waals surface area (Å²) in [4.78, 5) is 77.5. The van der Waals surface area contributed by atoms with Gasteiger partial charge in [-0.2, -0.15) is 15.1 Å². The number of phenolic OH excluding ortho intramolecular Hbond substituents is 1. The number of aromatic nitrogens is 5. The maximum absolute atomic E-state index is 17.5. The smallest absolute Gasteiger partial charge is 0.319 e. The molecule has 3 aromatic carbocycles. The molecule has 0 unspecified atom stereocenters. The van der Waals surface area contributed by atoms with Gasteiger partial charge in [-0.3, -0.25) is 39.1 Å². The van der Waals surface area contributed by atoms with Crippen molar-refractivity contribution in [2.45, 2.75) is 84.0 Å². The van der Waals surface area contributed by atoms with E-state index in [0.717, 1.165) is 89.3 Å². The number of imide groups is 1. The van der Waals surface area contributed by atoms with Crippen molar-refractivity contribution < 1.29 is 37.8 Å². The number of piperidine rings is 2. The third-order valence-corrected chi connectivity index (χ3v) is 17.3. The van der Waals surface area contributed by atoms with Gasteiger partial charge in [-0.1, -0.05) is 24.6 Å². The highest BCUT2D eigenvalue weighted by atomic mass is 35.5. The minimum Gasteiger partial charge on any atom is -0.508 e. The molecule has 3 aromatic heterocycles. The van der Waals surface area contributed by atoms with Gasteiger partial charge in [-0.25, -0.2) is 8.78 Å². The van der Waals surface area contributed by atoms with Crippen LogP contribution in [0.15, 0.2) is 48.7 Å². The van der Waals surface area contributed by atoms with E-state index in [2.05, 4.69) is 36.2 Å². The molecular weight excluding hydrogens is 1020 g/mol. The van der Waals surface area contributed by atoms with E-state index in [4.69, 9.17) is 26.3 Å². The number of ether oxygens (including phenoxy) is 1. The normalized spacial score (nSPS) is 20.1. The summed E-state index contributed by atoms with van der Waals surface area (Å²) in [5, 5.41) is 19.4. The topological polar surface area (TPSA) is 186 Å². The summed E-state index contributed by atoms with van der Waals surface area (Å²) in [6.45, 7) is 11.3. The molecule has 408 valence electrons. The largest absolute Gasteiger partial charge is 0.508 e. The van der Waals surface area contributed by atoms with E-state index in [1.807, 2.05) is 24.0 Å². The predicted molar refractivity (Wildman–Crippen MR) is 290 cm³/mol. The van der Waals surface area contributed by atoms with E-state index in [-0.39, 0.29) is 75.4 Å². The molecule has 8 heterocycles. The van der Waals surface area contributed by atoms with Crippen LogP contribution in [0.1, 0.15) is 89.5 Å². The SMILES string of the molecule is CCc1c(F)ccc2cc(O)cc(-c3ncc4c(N5CCCn6nc(C(=O)N(C)C)c(Cl)c6C5)nc(OCC5(CN6CCC(CN7CCN(c8ccc9c(c8)CN([C@H]8CCC(=O)NC8=O)C9=O)CC7)CC6)CC5)nc4c3F)c12. The number of fused-ring (bicyclic) bond motifs is 4. The number of pyridine rings is 1. The van der Waals surface area contributed by atoms with E-state index in [0.29, 0.717) is 90.2 Å². The molecule has 21 heteroatoms. The lowest BCUT2D eigenvalue weighted by Crippen LogP contribution is -2.52. The molecule has 0 spiro atoms. The summed E-state index contributed by atoms with van der Waals surface area (Å²) < 4.78 is 41.2. The molecule has 4 amide bonds. The van der Waals surface area contributed by atoms with Gasteiger partial charge in [0, 0.05) is 108 Å². The van der Waals surface area contributed by atoms with Crippen molar-refractivity contribution in [3.05, 3.63) is 93.4 Å². The number of hydrogen-bond donors (Lipinski definition) is 2. The summed E-state index contributed by atoms with van der Waals surface area (Å²) in [7, 11) is 3.29. The van der Waals surface area contributed by atoms with Crippen LogP contribution >= 0.6 is 11.6 Å². The lowest BCUT2D eigenvalue weighted by Gasteiger charge is -2.40. The molecule has 5 aliphatic heterocycles. The molecule has 2 N–H and O–H groups in total. The first-order valence-electron chi connectivity index (χ1n) is 27.3. The molecule has 78 heavy (non-hydrogen) atoms. The average molecular weight is 1090 g/mol. The second-order valence-corrected chi connectivity index (χ2v) is 22.7. The molecular formula is C57H63ClF2N12O6. The molecule has 4 fully saturated rings. The number of hydrogen-bond acceptors (Lipinski definition) is 14. The van der Waals surface area contributed by atoms with Gasteiger partial charge in [0.15, 0.2) is 11.5 Å². The summed E-state index contributed by atoms with van der Waals surface area (Å²) in [6.07, 6.45) is 7.18. The molecule has 1 atom stereocenters. The number of benzene rings is 3. The number of amides is 4. The fourth-order valence-electron chi connectivity index (χ4n) is 12.4. The van der Waals surface area contributed by atoms with E-state index in [1.165, 1.54) is 29.3 Å². The average Bonchev–Trinajstić information content (AvgIpc) is 4.11. The van der Waals surface area contributed by atoms with Crippen LogP contribution < -0.4 is 19.9 Å². The second kappa shape index (κ2) is 20.6. The van der Waals surface area contributed by atoms with Gasteiger partial charge >= 0.3 is 6.01 Å². The first-order valence-corrected chi connectivity index (χ1v) is 27.6. The third kappa shape index (κ3) is 9.73. The maximum Gasteiger partial charge on any atom is 0.319 e. The van der Waals surface area contributed by atoms with Crippen molar-refractivity contribution in [1.82, 2.24) is 49.6 Å². The Kier molecular flexibility index (Phi) is 13.7. The number of nitrogens with zero attached hydrogens (tertiary/aromatic N) is 11. The highest BCUT2D eigenvalue weighted by Gasteiger charge is 2.46. The lowest BCUT2D eigenvalue weighted by atomic mass is 9.94. The number of likely N-dealkylation sites (tertiary alicyclic amines) is 1. The molecule has 18 nitrogen and oxygen atoms in total. The van der Waals surface area contributed by atoms with Crippen molar-refractivity contribution in [2.24, 2.45) is 11.3 Å². The maximum atomic E-state index is 17.5. The molecule has 0 bridgehead atoms. The monoisotopic (exact) mass is 1080 g/mol. The third-order valence-electron chi connectivity index (χ3n) is 16.9. The number of carbonyl (C=O) groups is 4. The van der Waals surface area contributed by atoms with Crippen LogP contribution in [0.2, 0.25) is 5.02 Å². The Morgan fingerprint density at radius 2 is 1.71 bits per heavy atom. The van der Waals surface area contributed by atoms with Gasteiger partial charge < -0.3 is 34.3 Å². The summed E-state index contributed by atoms with van der Waals surface area (Å²) in [6, 6.07) is 11.2. The quantitative estimate of drug-likeness (QED) is 0.115. The fraction of sp³-hybridized carbons (Fsp3) is 0.474. The summed E-state index contributed by atoms with van der Waals surface area (Å²) in [5.74, 6) is -1.52. The zero-order valence-electron chi connectivity index (χ0n) is 44.2. The van der Waals surface area contributed by atoms with Gasteiger partial charge in [0.25, 0.3) is 11.8 Å². The zero-order chi connectivity index (χ0) is 54.1. The number of halogens is 3. The van der Waals surface area contributed by atoms with Crippen LogP contribution in [-0.4, -0.2) is 159 Å². The van der Waals surface area contributed by atoms with E-state index >= 15 is 8.78 Å². The van der Waals surface area contributed by atoms with Crippen molar-refractivity contribution in [1.29, 1.82) is 0 Å². The lowest BCUT2D eigenvalue weighted by molar-refractivity contribution is -0.136. The van der Waals surface area contributed by atoms with Crippen LogP contribution in [0.3, 0.4) is 0 Å². The Labute approximate surface area is 455 Å². The van der Waals surface area contributed by atoms with Crippen molar-refractivity contribution in [3.63, 3.8) is 0 Å². The molecule has 1 aliphatic carbocycles. The summed E-state index contributed by atoms with van der Waals surface area (Å²) >= 11 is 6.91. The minimum atomic E-state index is -0.763. The number of aromatic hydroxyl groups is 1. The molecule has 3 saturated heterocycles. The number of aryl methyl sites for hydroxylation is 2. The number of phenols is 1. The first-order chi connectivity index (χ1) is 37.6. The number of nitrogens with one attached hydrogen (secondary N) is 1. The van der Waals surface area contributed by atoms with Crippen molar-refractivity contribution in [2.75, 3.05) is 89.4 Å². The van der Waals surface area contributed by atoms with Gasteiger partial charge in [-0.15, -0.1) is 0 Å². The number of anilines is 2. The molecule has 6 aromatic rings. The second-order valence-electron chi connectivity index (χ2n) is 22.3. The Hall–Kier alpha value is -7.03. The number of piperazine rings is 1. The highest BCUT2D eigenvalue weighted by Crippen LogP contribution is 2.47. The van der Waals surface area contributed by atoms with Gasteiger partial charge in [0.05, 0.1) is 29.3 Å². The van der Waals surface area contributed by atoms with Crippen molar-refractivity contribution in [3.8, 4) is 23.0 Å². The minimum absolute atomic E-state index is 0.00899. The Morgan fingerprint density at radius 3 is 2.45 bits per heavy atom. The van der Waals surface area contributed by atoms with Gasteiger partial charge in [0.1, 0.15) is 34.6 Å². The molecule has 1 saturated carbocycles. The molecule has 0 radical (unpaired) electrons. The Balaban J connectivity index is 0.719. The zero-order valence-corrected chi connectivity index (χ0v) is 44.9. The Bertz CT molecular complexity index is 3410. The van der Waals surface area contributed by atoms with Gasteiger partial charge in [-0.05, 0) is 122 Å².